The number of hydrogen-bond donors (Lipinski definition) is 1. The fourth-order valence-corrected chi connectivity index (χ4v) is 4.92. The summed E-state index contributed by atoms with van der Waals surface area (Å²) in [7, 11) is -3.34. The van der Waals surface area contributed by atoms with E-state index < -0.39 is 10.2 Å². The maximum Gasteiger partial charge on any atom is 0.282 e. The Balaban J connectivity index is 2.90. The van der Waals surface area contributed by atoms with Gasteiger partial charge in [0.15, 0.2) is 0 Å². The van der Waals surface area contributed by atoms with Gasteiger partial charge < -0.3 is 5.32 Å². The Bertz CT molecular complexity index is 371. The number of hydrogen-bond acceptors (Lipinski definition) is 3. The molecule has 0 aromatic heterocycles. The zero-order valence-electron chi connectivity index (χ0n) is 13.4. The Kier molecular flexibility index (Phi) is 7.43. The van der Waals surface area contributed by atoms with Gasteiger partial charge in [-0.2, -0.15) is 17.0 Å². The number of rotatable bonds is 8. The van der Waals surface area contributed by atoms with Gasteiger partial charge in [-0.3, -0.25) is 0 Å². The maximum atomic E-state index is 12.9. The Morgan fingerprint density at radius 2 is 2.00 bits per heavy atom. The van der Waals surface area contributed by atoms with Crippen LogP contribution in [0.1, 0.15) is 53.4 Å². The molecule has 1 fully saturated rings. The first kappa shape index (κ1) is 17.9. The molecule has 0 spiro atoms. The van der Waals surface area contributed by atoms with Gasteiger partial charge in [0, 0.05) is 31.7 Å². The molecule has 0 amide bonds. The summed E-state index contributed by atoms with van der Waals surface area (Å²) in [4.78, 5) is 0. The average Bonchev–Trinajstić information content (AvgIpc) is 2.42. The van der Waals surface area contributed by atoms with Crippen LogP contribution in [0.5, 0.6) is 0 Å². The van der Waals surface area contributed by atoms with Crippen LogP contribution in [-0.4, -0.2) is 55.3 Å². The lowest BCUT2D eigenvalue weighted by Crippen LogP contribution is -2.55. The summed E-state index contributed by atoms with van der Waals surface area (Å²) in [6.07, 6.45) is 3.91. The molecule has 5 nitrogen and oxygen atoms in total. The topological polar surface area (TPSA) is 52.7 Å². The second kappa shape index (κ2) is 8.32. The largest absolute Gasteiger partial charge is 0.315 e. The SMILES string of the molecule is CCCN(C(C)C)S(=O)(=O)N1CCCCC1CNCC. The van der Waals surface area contributed by atoms with Crippen molar-refractivity contribution < 1.29 is 8.42 Å². The number of likely N-dealkylation sites (N-methyl/N-ethyl adjacent to an activating group) is 1. The molecule has 120 valence electrons. The van der Waals surface area contributed by atoms with E-state index in [9.17, 15) is 8.42 Å². The van der Waals surface area contributed by atoms with E-state index in [1.54, 1.807) is 8.61 Å². The van der Waals surface area contributed by atoms with Crippen LogP contribution in [0.4, 0.5) is 0 Å². The summed E-state index contributed by atoms with van der Waals surface area (Å²) < 4.78 is 29.2. The lowest BCUT2D eigenvalue weighted by molar-refractivity contribution is 0.218. The van der Waals surface area contributed by atoms with Crippen molar-refractivity contribution >= 4 is 10.2 Å². The van der Waals surface area contributed by atoms with Gasteiger partial charge in [-0.25, -0.2) is 0 Å². The van der Waals surface area contributed by atoms with Gasteiger partial charge in [-0.1, -0.05) is 20.3 Å². The van der Waals surface area contributed by atoms with Gasteiger partial charge in [0.1, 0.15) is 0 Å². The number of nitrogens with zero attached hydrogens (tertiary/aromatic N) is 2. The van der Waals surface area contributed by atoms with Crippen LogP contribution in [0.15, 0.2) is 0 Å². The third kappa shape index (κ3) is 4.41. The van der Waals surface area contributed by atoms with Gasteiger partial charge >= 0.3 is 0 Å². The van der Waals surface area contributed by atoms with Crippen molar-refractivity contribution in [3.8, 4) is 0 Å². The summed E-state index contributed by atoms with van der Waals surface area (Å²) in [6, 6.07) is 0.119. The van der Waals surface area contributed by atoms with Crippen LogP contribution in [0, 0.1) is 0 Å². The van der Waals surface area contributed by atoms with E-state index >= 15 is 0 Å². The molecule has 0 radical (unpaired) electrons. The highest BCUT2D eigenvalue weighted by Crippen LogP contribution is 2.23. The van der Waals surface area contributed by atoms with E-state index in [2.05, 4.69) is 12.2 Å². The molecule has 1 N–H and O–H groups in total. The quantitative estimate of drug-likeness (QED) is 0.744. The summed E-state index contributed by atoms with van der Waals surface area (Å²) in [6.45, 7) is 10.9. The predicted molar refractivity (Wildman–Crippen MR) is 83.9 cm³/mol. The van der Waals surface area contributed by atoms with Crippen LogP contribution in [-0.2, 0) is 10.2 Å². The molecule has 1 aliphatic heterocycles. The molecule has 0 aromatic rings. The Hall–Kier alpha value is -0.170. The predicted octanol–water partition coefficient (Wildman–Crippen LogP) is 1.82. The minimum Gasteiger partial charge on any atom is -0.315 e. The highest BCUT2D eigenvalue weighted by Gasteiger charge is 2.36. The lowest BCUT2D eigenvalue weighted by Gasteiger charge is -2.39. The molecule has 6 heteroatoms. The minimum atomic E-state index is -3.34. The van der Waals surface area contributed by atoms with E-state index in [-0.39, 0.29) is 12.1 Å². The molecule has 1 aliphatic rings. The van der Waals surface area contributed by atoms with Crippen molar-refractivity contribution in [1.29, 1.82) is 0 Å². The van der Waals surface area contributed by atoms with Crippen LogP contribution < -0.4 is 5.32 Å². The van der Waals surface area contributed by atoms with Gasteiger partial charge in [0.2, 0.25) is 0 Å². The molecule has 0 aromatic carbocycles. The molecule has 20 heavy (non-hydrogen) atoms. The Labute approximate surface area is 124 Å². The van der Waals surface area contributed by atoms with Crippen molar-refractivity contribution in [2.75, 3.05) is 26.2 Å². The molecule has 1 heterocycles. The van der Waals surface area contributed by atoms with Gasteiger partial charge in [-0.05, 0) is 39.7 Å². The molecule has 0 aliphatic carbocycles. The molecular weight excluding hydrogens is 274 g/mol. The zero-order chi connectivity index (χ0) is 15.2. The molecule has 1 atom stereocenters. The smallest absolute Gasteiger partial charge is 0.282 e. The Morgan fingerprint density at radius 1 is 1.30 bits per heavy atom. The van der Waals surface area contributed by atoms with E-state index in [0.717, 1.165) is 38.8 Å². The molecule has 0 bridgehead atoms. The first-order chi connectivity index (χ1) is 9.45. The summed E-state index contributed by atoms with van der Waals surface area (Å²) in [5.74, 6) is 0. The maximum absolute atomic E-state index is 12.9. The summed E-state index contributed by atoms with van der Waals surface area (Å²) in [5.41, 5.74) is 0. The highest BCUT2D eigenvalue weighted by molar-refractivity contribution is 7.86. The third-order valence-corrected chi connectivity index (χ3v) is 6.09. The second-order valence-corrected chi connectivity index (χ2v) is 7.61. The zero-order valence-corrected chi connectivity index (χ0v) is 14.2. The van der Waals surface area contributed by atoms with Crippen molar-refractivity contribution in [3.05, 3.63) is 0 Å². The van der Waals surface area contributed by atoms with E-state index in [1.807, 2.05) is 20.8 Å². The van der Waals surface area contributed by atoms with E-state index in [1.165, 1.54) is 0 Å². The highest BCUT2D eigenvalue weighted by atomic mass is 32.2. The summed E-state index contributed by atoms with van der Waals surface area (Å²) in [5, 5.41) is 3.30. The fraction of sp³-hybridized carbons (Fsp3) is 1.00. The average molecular weight is 305 g/mol. The van der Waals surface area contributed by atoms with E-state index in [4.69, 9.17) is 0 Å². The van der Waals surface area contributed by atoms with Crippen molar-refractivity contribution in [2.45, 2.75) is 65.5 Å². The van der Waals surface area contributed by atoms with Crippen LogP contribution in [0.25, 0.3) is 0 Å². The van der Waals surface area contributed by atoms with Gasteiger partial charge in [0.05, 0.1) is 0 Å². The van der Waals surface area contributed by atoms with Crippen LogP contribution in [0.3, 0.4) is 0 Å². The van der Waals surface area contributed by atoms with Crippen molar-refractivity contribution in [2.24, 2.45) is 0 Å². The monoisotopic (exact) mass is 305 g/mol. The van der Waals surface area contributed by atoms with Crippen LogP contribution in [0.2, 0.25) is 0 Å². The molecule has 1 saturated heterocycles. The Morgan fingerprint density at radius 3 is 2.55 bits per heavy atom. The first-order valence-electron chi connectivity index (χ1n) is 7.94. The van der Waals surface area contributed by atoms with Gasteiger partial charge in [-0.15, -0.1) is 0 Å². The van der Waals surface area contributed by atoms with Crippen LogP contribution >= 0.6 is 0 Å². The fourth-order valence-electron chi connectivity index (χ4n) is 2.79. The van der Waals surface area contributed by atoms with Crippen molar-refractivity contribution in [3.63, 3.8) is 0 Å². The summed E-state index contributed by atoms with van der Waals surface area (Å²) >= 11 is 0. The number of piperidine rings is 1. The molecule has 1 rings (SSSR count). The second-order valence-electron chi connectivity index (χ2n) is 5.78. The number of nitrogens with one attached hydrogen (secondary N) is 1. The molecular formula is C14H31N3O2S. The third-order valence-electron chi connectivity index (χ3n) is 3.82. The van der Waals surface area contributed by atoms with E-state index in [0.29, 0.717) is 13.1 Å². The lowest BCUT2D eigenvalue weighted by atomic mass is 10.1. The minimum absolute atomic E-state index is 0.0154. The molecule has 0 saturated carbocycles. The van der Waals surface area contributed by atoms with Crippen molar-refractivity contribution in [1.82, 2.24) is 13.9 Å². The normalized spacial score (nSPS) is 21.8. The van der Waals surface area contributed by atoms with Gasteiger partial charge in [0.25, 0.3) is 10.2 Å². The standard InChI is InChI=1S/C14H31N3O2S/c1-5-10-16(13(3)4)20(18,19)17-11-8-7-9-14(17)12-15-6-2/h13-15H,5-12H2,1-4H3. The first-order valence-corrected chi connectivity index (χ1v) is 9.34. The molecule has 1 unspecified atom stereocenters.